The van der Waals surface area contributed by atoms with Crippen LogP contribution in [0.2, 0.25) is 10.0 Å². The fourth-order valence-electron chi connectivity index (χ4n) is 2.74. The van der Waals surface area contributed by atoms with Gasteiger partial charge in [-0.15, -0.1) is 0 Å². The molecule has 1 aromatic rings. The number of nitrogens with zero attached hydrogens (tertiary/aromatic N) is 1. The van der Waals surface area contributed by atoms with Crippen LogP contribution in [0, 0.1) is 12.8 Å². The molecule has 20 heavy (non-hydrogen) atoms. The fraction of sp³-hybridized carbons (Fsp3) is 0.467. The molecule has 0 bridgehead atoms. The maximum absolute atomic E-state index is 10.1. The summed E-state index contributed by atoms with van der Waals surface area (Å²) in [7, 11) is 0. The highest BCUT2D eigenvalue weighted by Crippen LogP contribution is 2.38. The molecule has 1 aromatic carbocycles. The summed E-state index contributed by atoms with van der Waals surface area (Å²) in [5, 5.41) is 11.2. The first kappa shape index (κ1) is 15.5. The largest absolute Gasteiger partial charge is 0.495 e. The van der Waals surface area contributed by atoms with Gasteiger partial charge in [0.15, 0.2) is 5.88 Å². The number of aryl methyl sites for hydroxylation is 1. The summed E-state index contributed by atoms with van der Waals surface area (Å²) >= 11 is 12.3. The van der Waals surface area contributed by atoms with Crippen LogP contribution in [0.25, 0.3) is 0 Å². The van der Waals surface area contributed by atoms with Gasteiger partial charge in [0.2, 0.25) is 0 Å². The maximum atomic E-state index is 10.1. The van der Waals surface area contributed by atoms with Gasteiger partial charge < -0.3 is 14.7 Å². The van der Waals surface area contributed by atoms with Crippen molar-refractivity contribution in [1.82, 2.24) is 0 Å². The average Bonchev–Trinajstić information content (AvgIpc) is 2.34. The quantitative estimate of drug-likeness (QED) is 0.830. The Kier molecular flexibility index (Phi) is 4.84. The molecule has 0 radical (unpaired) electrons. The molecule has 1 saturated heterocycles. The molecule has 1 aliphatic rings. The normalized spacial score (nSPS) is 22.6. The second kappa shape index (κ2) is 6.25. The van der Waals surface area contributed by atoms with Crippen molar-refractivity contribution < 1.29 is 9.84 Å². The zero-order chi connectivity index (χ0) is 14.9. The third-order valence-electron chi connectivity index (χ3n) is 3.66. The Balaban J connectivity index is 2.46. The lowest BCUT2D eigenvalue weighted by Crippen LogP contribution is -2.44. The Morgan fingerprint density at radius 3 is 2.70 bits per heavy atom. The second-order valence-electron chi connectivity index (χ2n) is 5.25. The summed E-state index contributed by atoms with van der Waals surface area (Å²) in [4.78, 5) is 1.81. The minimum Gasteiger partial charge on any atom is -0.495 e. The first-order valence-electron chi connectivity index (χ1n) is 6.62. The van der Waals surface area contributed by atoms with E-state index in [0.717, 1.165) is 17.7 Å². The van der Waals surface area contributed by atoms with Crippen molar-refractivity contribution in [3.8, 4) is 0 Å². The Labute approximate surface area is 129 Å². The molecular weight excluding hydrogens is 297 g/mol. The molecule has 0 aliphatic carbocycles. The highest BCUT2D eigenvalue weighted by molar-refractivity contribution is 6.36. The van der Waals surface area contributed by atoms with E-state index in [0.29, 0.717) is 23.3 Å². The van der Waals surface area contributed by atoms with Gasteiger partial charge in [-0.2, -0.15) is 0 Å². The van der Waals surface area contributed by atoms with E-state index in [9.17, 15) is 5.11 Å². The maximum Gasteiger partial charge on any atom is 0.184 e. The summed E-state index contributed by atoms with van der Waals surface area (Å²) in [5.74, 6) is 0.273. The molecule has 110 valence electrons. The second-order valence-corrected chi connectivity index (χ2v) is 6.09. The lowest BCUT2D eigenvalue weighted by molar-refractivity contribution is 0.0460. The number of benzene rings is 1. The van der Waals surface area contributed by atoms with Gasteiger partial charge >= 0.3 is 0 Å². The van der Waals surface area contributed by atoms with Gasteiger partial charge in [-0.25, -0.2) is 0 Å². The van der Waals surface area contributed by atoms with E-state index < -0.39 is 0 Å². The molecule has 1 unspecified atom stereocenters. The molecule has 1 N–H and O–H groups in total. The number of ether oxygens (including phenoxy) is 1. The lowest BCUT2D eigenvalue weighted by atomic mass is 9.95. The number of anilines is 1. The zero-order valence-corrected chi connectivity index (χ0v) is 13.2. The van der Waals surface area contributed by atoms with Crippen LogP contribution in [-0.4, -0.2) is 24.4 Å². The van der Waals surface area contributed by atoms with Gasteiger partial charge in [0, 0.05) is 23.6 Å². The highest BCUT2D eigenvalue weighted by atomic mass is 35.5. The minimum absolute atomic E-state index is 0.00364. The third kappa shape index (κ3) is 3.05. The molecule has 0 aromatic heterocycles. The Morgan fingerprint density at radius 1 is 1.45 bits per heavy atom. The summed E-state index contributed by atoms with van der Waals surface area (Å²) in [6.07, 6.45) is 0.819. The Bertz CT molecular complexity index is 496. The van der Waals surface area contributed by atoms with Crippen molar-refractivity contribution in [2.75, 3.05) is 18.1 Å². The molecule has 2 atom stereocenters. The first-order chi connectivity index (χ1) is 9.41. The van der Waals surface area contributed by atoms with Crippen molar-refractivity contribution in [2.24, 2.45) is 5.92 Å². The highest BCUT2D eigenvalue weighted by Gasteiger charge is 2.31. The topological polar surface area (TPSA) is 32.7 Å². The van der Waals surface area contributed by atoms with Crippen LogP contribution in [-0.2, 0) is 4.74 Å². The van der Waals surface area contributed by atoms with E-state index >= 15 is 0 Å². The van der Waals surface area contributed by atoms with Crippen molar-refractivity contribution in [1.29, 1.82) is 0 Å². The standard InChI is InChI=1S/C15H19Cl2NO2/c1-9-6-12(16)7-13(17)15(9)18(11(3)19)14-4-5-20-8-10(14)2/h6-7,10,14,19H,3-5,8H2,1-2H3/t10-,14?/m0/s1. The Morgan fingerprint density at radius 2 is 2.15 bits per heavy atom. The molecule has 1 aliphatic heterocycles. The smallest absolute Gasteiger partial charge is 0.184 e. The number of aliphatic hydroxyl groups is 1. The summed E-state index contributed by atoms with van der Waals surface area (Å²) in [6, 6.07) is 3.63. The van der Waals surface area contributed by atoms with Crippen molar-refractivity contribution in [2.45, 2.75) is 26.3 Å². The summed E-state index contributed by atoms with van der Waals surface area (Å²) in [5.41, 5.74) is 1.68. The van der Waals surface area contributed by atoms with E-state index in [-0.39, 0.29) is 17.8 Å². The molecule has 0 amide bonds. The lowest BCUT2D eigenvalue weighted by Gasteiger charge is -2.39. The number of halogens is 2. The van der Waals surface area contributed by atoms with Crippen molar-refractivity contribution in [3.63, 3.8) is 0 Å². The minimum atomic E-state index is -0.00364. The zero-order valence-electron chi connectivity index (χ0n) is 11.7. The van der Waals surface area contributed by atoms with Gasteiger partial charge in [0.25, 0.3) is 0 Å². The van der Waals surface area contributed by atoms with Crippen LogP contribution in [0.3, 0.4) is 0 Å². The molecule has 2 rings (SSSR count). The van der Waals surface area contributed by atoms with Crippen LogP contribution in [0.4, 0.5) is 5.69 Å². The predicted octanol–water partition coefficient (Wildman–Crippen LogP) is 4.56. The van der Waals surface area contributed by atoms with Crippen LogP contribution in [0.5, 0.6) is 0 Å². The van der Waals surface area contributed by atoms with Crippen LogP contribution >= 0.6 is 23.2 Å². The van der Waals surface area contributed by atoms with Crippen LogP contribution < -0.4 is 4.90 Å². The number of hydrogen-bond donors (Lipinski definition) is 1. The third-order valence-corrected chi connectivity index (χ3v) is 4.17. The molecular formula is C15H19Cl2NO2. The van der Waals surface area contributed by atoms with E-state index in [4.69, 9.17) is 27.9 Å². The monoisotopic (exact) mass is 315 g/mol. The molecule has 3 nitrogen and oxygen atoms in total. The van der Waals surface area contributed by atoms with Crippen molar-refractivity contribution >= 4 is 28.9 Å². The number of aliphatic hydroxyl groups excluding tert-OH is 1. The van der Waals surface area contributed by atoms with Gasteiger partial charge in [0.05, 0.1) is 17.3 Å². The fourth-order valence-corrected chi connectivity index (χ4v) is 3.42. The average molecular weight is 316 g/mol. The van der Waals surface area contributed by atoms with E-state index in [1.165, 1.54) is 0 Å². The molecule has 0 saturated carbocycles. The van der Waals surface area contributed by atoms with Crippen molar-refractivity contribution in [3.05, 3.63) is 40.2 Å². The van der Waals surface area contributed by atoms with Gasteiger partial charge in [-0.05, 0) is 37.6 Å². The number of rotatable bonds is 3. The molecule has 1 heterocycles. The summed E-state index contributed by atoms with van der Waals surface area (Å²) in [6.45, 7) is 9.05. The van der Waals surface area contributed by atoms with Crippen LogP contribution in [0.1, 0.15) is 18.9 Å². The number of hydrogen-bond acceptors (Lipinski definition) is 3. The SMILES string of the molecule is C=C(O)N(c1c(C)cc(Cl)cc1Cl)C1CCOC[C@@H]1C. The van der Waals surface area contributed by atoms with Crippen LogP contribution in [0.15, 0.2) is 24.6 Å². The molecule has 5 heteroatoms. The predicted molar refractivity (Wildman–Crippen MR) is 83.8 cm³/mol. The molecule has 0 spiro atoms. The summed E-state index contributed by atoms with van der Waals surface area (Å²) < 4.78 is 5.47. The van der Waals surface area contributed by atoms with E-state index in [2.05, 4.69) is 13.5 Å². The van der Waals surface area contributed by atoms with Gasteiger partial charge in [-0.3, -0.25) is 0 Å². The van der Waals surface area contributed by atoms with E-state index in [1.807, 2.05) is 13.0 Å². The first-order valence-corrected chi connectivity index (χ1v) is 7.38. The van der Waals surface area contributed by atoms with E-state index in [1.54, 1.807) is 11.0 Å². The van der Waals surface area contributed by atoms with Gasteiger partial charge in [0.1, 0.15) is 0 Å². The van der Waals surface area contributed by atoms with Gasteiger partial charge in [-0.1, -0.05) is 30.1 Å². The molecule has 1 fully saturated rings. The Hall–Kier alpha value is -0.900.